The first-order chi connectivity index (χ1) is 10.6. The zero-order chi connectivity index (χ0) is 16.1. The van der Waals surface area contributed by atoms with Gasteiger partial charge in [-0.15, -0.1) is 0 Å². The lowest BCUT2D eigenvalue weighted by Gasteiger charge is -2.37. The highest BCUT2D eigenvalue weighted by molar-refractivity contribution is 5.52. The fourth-order valence-corrected chi connectivity index (χ4v) is 2.92. The predicted molar refractivity (Wildman–Crippen MR) is 87.8 cm³/mol. The van der Waals surface area contributed by atoms with Gasteiger partial charge in [-0.1, -0.05) is 6.92 Å². The molecule has 0 aliphatic carbocycles. The number of methoxy groups -OCH3 is 2. The number of ether oxygens (including phenoxy) is 2. The van der Waals surface area contributed by atoms with E-state index in [9.17, 15) is 5.11 Å². The van der Waals surface area contributed by atoms with Crippen molar-refractivity contribution in [2.45, 2.75) is 32.9 Å². The minimum absolute atomic E-state index is 0.0651. The van der Waals surface area contributed by atoms with E-state index in [1.165, 1.54) is 6.42 Å². The Labute approximate surface area is 133 Å². The Bertz CT molecular complexity index is 460. The van der Waals surface area contributed by atoms with Crippen molar-refractivity contribution in [3.63, 3.8) is 0 Å². The third-order valence-electron chi connectivity index (χ3n) is 4.57. The number of aromatic hydroxyl groups is 1. The molecule has 1 aliphatic rings. The zero-order valence-corrected chi connectivity index (χ0v) is 14.1. The monoisotopic (exact) mass is 308 g/mol. The van der Waals surface area contributed by atoms with Gasteiger partial charge in [-0.05, 0) is 31.0 Å². The van der Waals surface area contributed by atoms with Crippen LogP contribution in [0.1, 0.15) is 25.8 Å². The molecule has 1 aliphatic heterocycles. The van der Waals surface area contributed by atoms with Gasteiger partial charge < -0.3 is 14.6 Å². The van der Waals surface area contributed by atoms with Crippen LogP contribution in [-0.2, 0) is 6.54 Å². The summed E-state index contributed by atoms with van der Waals surface area (Å²) in [6.07, 6.45) is 1.20. The topological polar surface area (TPSA) is 45.2 Å². The minimum atomic E-state index is 0.0651. The molecule has 0 radical (unpaired) electrons. The van der Waals surface area contributed by atoms with Crippen LogP contribution in [0.25, 0.3) is 0 Å². The third kappa shape index (κ3) is 3.84. The lowest BCUT2D eigenvalue weighted by Crippen LogP contribution is -2.48. The Morgan fingerprint density at radius 2 is 1.64 bits per heavy atom. The van der Waals surface area contributed by atoms with E-state index in [1.807, 2.05) is 12.1 Å². The molecule has 1 atom stereocenters. The highest BCUT2D eigenvalue weighted by Gasteiger charge is 2.21. The molecule has 124 valence electrons. The fourth-order valence-electron chi connectivity index (χ4n) is 2.92. The lowest BCUT2D eigenvalue weighted by molar-refractivity contribution is 0.0962. The van der Waals surface area contributed by atoms with E-state index >= 15 is 0 Å². The second kappa shape index (κ2) is 7.70. The van der Waals surface area contributed by atoms with Crippen molar-refractivity contribution < 1.29 is 14.6 Å². The number of phenolic OH excluding ortho intramolecular Hbond substituents is 1. The summed E-state index contributed by atoms with van der Waals surface area (Å²) in [7, 11) is 3.12. The van der Waals surface area contributed by atoms with E-state index in [2.05, 4.69) is 23.6 Å². The first-order valence-corrected chi connectivity index (χ1v) is 7.99. The Kier molecular flexibility index (Phi) is 5.91. The molecule has 1 aromatic carbocycles. The maximum Gasteiger partial charge on any atom is 0.200 e. The molecule has 5 heteroatoms. The number of hydrogen-bond donors (Lipinski definition) is 1. The largest absolute Gasteiger partial charge is 0.502 e. The molecule has 1 N–H and O–H groups in total. The SMILES string of the molecule is CC[C@H](C)N1CCN(Cc2cc(OC)c(O)c(OC)c2)CC1. The van der Waals surface area contributed by atoms with Gasteiger partial charge in [-0.25, -0.2) is 0 Å². The van der Waals surface area contributed by atoms with Gasteiger partial charge in [0.05, 0.1) is 14.2 Å². The molecule has 1 saturated heterocycles. The molecule has 1 fully saturated rings. The highest BCUT2D eigenvalue weighted by Crippen LogP contribution is 2.37. The Morgan fingerprint density at radius 1 is 1.09 bits per heavy atom. The summed E-state index contributed by atoms with van der Waals surface area (Å²) < 4.78 is 10.4. The number of nitrogens with zero attached hydrogens (tertiary/aromatic N) is 2. The molecule has 1 aromatic rings. The molecular formula is C17H28N2O3. The second-order valence-electron chi connectivity index (χ2n) is 5.92. The summed E-state index contributed by atoms with van der Waals surface area (Å²) in [6, 6.07) is 4.44. The Balaban J connectivity index is 2.00. The molecule has 0 aromatic heterocycles. The van der Waals surface area contributed by atoms with Crippen LogP contribution in [0.3, 0.4) is 0 Å². The molecule has 0 amide bonds. The van der Waals surface area contributed by atoms with Crippen molar-refractivity contribution in [3.8, 4) is 17.2 Å². The molecule has 0 saturated carbocycles. The van der Waals surface area contributed by atoms with Gasteiger partial charge in [0, 0.05) is 38.8 Å². The summed E-state index contributed by atoms with van der Waals surface area (Å²) in [5.74, 6) is 0.996. The van der Waals surface area contributed by atoms with Gasteiger partial charge in [0.15, 0.2) is 11.5 Å². The van der Waals surface area contributed by atoms with E-state index < -0.39 is 0 Å². The van der Waals surface area contributed by atoms with Crippen LogP contribution >= 0.6 is 0 Å². The van der Waals surface area contributed by atoms with Crippen LogP contribution in [0.2, 0.25) is 0 Å². The number of piperazine rings is 1. The number of hydrogen-bond acceptors (Lipinski definition) is 5. The van der Waals surface area contributed by atoms with Gasteiger partial charge in [0.25, 0.3) is 0 Å². The summed E-state index contributed by atoms with van der Waals surface area (Å²) >= 11 is 0. The fraction of sp³-hybridized carbons (Fsp3) is 0.647. The molecular weight excluding hydrogens is 280 g/mol. The molecule has 0 bridgehead atoms. The highest BCUT2D eigenvalue weighted by atomic mass is 16.5. The van der Waals surface area contributed by atoms with Crippen LogP contribution in [0, 0.1) is 0 Å². The number of benzene rings is 1. The third-order valence-corrected chi connectivity index (χ3v) is 4.57. The summed E-state index contributed by atoms with van der Waals surface area (Å²) in [5, 5.41) is 9.97. The smallest absolute Gasteiger partial charge is 0.200 e. The second-order valence-corrected chi connectivity index (χ2v) is 5.92. The van der Waals surface area contributed by atoms with Crippen LogP contribution in [-0.4, -0.2) is 61.3 Å². The van der Waals surface area contributed by atoms with Crippen molar-refractivity contribution in [3.05, 3.63) is 17.7 Å². The van der Waals surface area contributed by atoms with Gasteiger partial charge in [-0.3, -0.25) is 9.80 Å². The molecule has 1 heterocycles. The van der Waals surface area contributed by atoms with E-state index in [1.54, 1.807) is 14.2 Å². The molecule has 22 heavy (non-hydrogen) atoms. The quantitative estimate of drug-likeness (QED) is 0.874. The van der Waals surface area contributed by atoms with Crippen LogP contribution in [0.15, 0.2) is 12.1 Å². The summed E-state index contributed by atoms with van der Waals surface area (Å²) in [5.41, 5.74) is 1.10. The first kappa shape index (κ1) is 16.9. The molecule has 5 nitrogen and oxygen atoms in total. The van der Waals surface area contributed by atoms with Crippen molar-refractivity contribution >= 4 is 0 Å². The van der Waals surface area contributed by atoms with Crippen LogP contribution in [0.4, 0.5) is 0 Å². The standard InChI is InChI=1S/C17H28N2O3/c1-5-13(2)19-8-6-18(7-9-19)12-14-10-15(21-3)17(20)16(11-14)22-4/h10-11,13,20H,5-9,12H2,1-4H3/t13-/m0/s1. The van der Waals surface area contributed by atoms with Crippen molar-refractivity contribution in [1.29, 1.82) is 0 Å². The maximum atomic E-state index is 9.97. The average molecular weight is 308 g/mol. The average Bonchev–Trinajstić information content (AvgIpc) is 2.56. The zero-order valence-electron chi connectivity index (χ0n) is 14.1. The molecule has 0 unspecified atom stereocenters. The van der Waals surface area contributed by atoms with Crippen molar-refractivity contribution in [1.82, 2.24) is 9.80 Å². The van der Waals surface area contributed by atoms with Gasteiger partial charge in [-0.2, -0.15) is 0 Å². The Hall–Kier alpha value is -1.46. The minimum Gasteiger partial charge on any atom is -0.502 e. The van der Waals surface area contributed by atoms with Crippen LogP contribution in [0.5, 0.6) is 17.2 Å². The number of rotatable bonds is 6. The van der Waals surface area contributed by atoms with Crippen molar-refractivity contribution in [2.75, 3.05) is 40.4 Å². The maximum absolute atomic E-state index is 9.97. The van der Waals surface area contributed by atoms with E-state index in [0.717, 1.165) is 38.3 Å². The van der Waals surface area contributed by atoms with Crippen molar-refractivity contribution in [2.24, 2.45) is 0 Å². The predicted octanol–water partition coefficient (Wildman–Crippen LogP) is 2.33. The summed E-state index contributed by atoms with van der Waals surface area (Å²) in [6.45, 7) is 9.74. The molecule has 0 spiro atoms. The first-order valence-electron chi connectivity index (χ1n) is 7.99. The van der Waals surface area contributed by atoms with Gasteiger partial charge in [0.1, 0.15) is 0 Å². The van der Waals surface area contributed by atoms with E-state index in [0.29, 0.717) is 17.5 Å². The normalized spacial score (nSPS) is 18.2. The van der Waals surface area contributed by atoms with E-state index in [-0.39, 0.29) is 5.75 Å². The van der Waals surface area contributed by atoms with Gasteiger partial charge in [0.2, 0.25) is 5.75 Å². The van der Waals surface area contributed by atoms with Crippen LogP contribution < -0.4 is 9.47 Å². The lowest BCUT2D eigenvalue weighted by atomic mass is 10.1. The molecule has 2 rings (SSSR count). The Morgan fingerprint density at radius 3 is 2.09 bits per heavy atom. The number of phenols is 1. The summed E-state index contributed by atoms with van der Waals surface area (Å²) in [4.78, 5) is 4.98. The van der Waals surface area contributed by atoms with E-state index in [4.69, 9.17) is 9.47 Å². The van der Waals surface area contributed by atoms with Gasteiger partial charge >= 0.3 is 0 Å².